The Balaban J connectivity index is 2.58. The van der Waals surface area contributed by atoms with Gasteiger partial charge in [-0.3, -0.25) is 9.59 Å². The maximum absolute atomic E-state index is 11.4. The minimum Gasteiger partial charge on any atom is -0.431 e. The van der Waals surface area contributed by atoms with Crippen molar-refractivity contribution in [1.29, 1.82) is 0 Å². The lowest BCUT2D eigenvalue weighted by molar-refractivity contribution is -0.137. The van der Waals surface area contributed by atoms with E-state index in [1.54, 1.807) is 18.2 Å². The highest BCUT2D eigenvalue weighted by molar-refractivity contribution is 5.77. The summed E-state index contributed by atoms with van der Waals surface area (Å²) in [6.07, 6.45) is 11.9. The summed E-state index contributed by atoms with van der Waals surface area (Å²) in [4.78, 5) is 22.4. The molecule has 0 radical (unpaired) electrons. The van der Waals surface area contributed by atoms with E-state index in [9.17, 15) is 9.59 Å². The van der Waals surface area contributed by atoms with Crippen molar-refractivity contribution in [2.75, 3.05) is 6.54 Å². The molecule has 1 aliphatic heterocycles. The van der Waals surface area contributed by atoms with Crippen LogP contribution in [0.25, 0.3) is 0 Å². The number of rotatable bonds is 1. The molecule has 0 unspecified atom stereocenters. The quantitative estimate of drug-likeness (QED) is 0.742. The average molecular weight is 265 g/mol. The lowest BCUT2D eigenvalue weighted by Gasteiger charge is -2.07. The van der Waals surface area contributed by atoms with Gasteiger partial charge in [0.15, 0.2) is 0 Å². The summed E-state index contributed by atoms with van der Waals surface area (Å²) in [6, 6.07) is 0. The van der Waals surface area contributed by atoms with Crippen molar-refractivity contribution in [1.82, 2.24) is 5.32 Å². The van der Waals surface area contributed by atoms with Gasteiger partial charge in [0.1, 0.15) is 5.76 Å². The van der Waals surface area contributed by atoms with Crippen LogP contribution in [0.3, 0.4) is 0 Å². The van der Waals surface area contributed by atoms with Crippen molar-refractivity contribution >= 4 is 11.9 Å². The number of amides is 1. The Hall–Kier alpha value is -1.58. The number of carbonyl (C=O) groups is 2. The SMILES string of the molecule is CC(=O)O/C1=C\C=C/CC(=O)NCCCCCCC1. The van der Waals surface area contributed by atoms with Gasteiger partial charge in [0.25, 0.3) is 0 Å². The monoisotopic (exact) mass is 265 g/mol. The summed E-state index contributed by atoms with van der Waals surface area (Å²) in [7, 11) is 0. The minimum atomic E-state index is -0.293. The molecule has 0 fully saturated rings. The fourth-order valence-corrected chi connectivity index (χ4v) is 1.96. The van der Waals surface area contributed by atoms with E-state index in [1.807, 2.05) is 0 Å². The Kier molecular flexibility index (Phi) is 7.63. The molecular weight excluding hydrogens is 242 g/mol. The molecule has 0 spiro atoms. The van der Waals surface area contributed by atoms with E-state index >= 15 is 0 Å². The summed E-state index contributed by atoms with van der Waals surface area (Å²) in [5, 5.41) is 2.88. The van der Waals surface area contributed by atoms with Crippen molar-refractivity contribution in [2.24, 2.45) is 0 Å². The fourth-order valence-electron chi connectivity index (χ4n) is 1.96. The van der Waals surface area contributed by atoms with Crippen LogP contribution in [0.5, 0.6) is 0 Å². The molecule has 0 atom stereocenters. The van der Waals surface area contributed by atoms with Gasteiger partial charge in [0.2, 0.25) is 5.91 Å². The van der Waals surface area contributed by atoms with E-state index in [0.29, 0.717) is 12.2 Å². The molecule has 4 heteroatoms. The third kappa shape index (κ3) is 8.19. The topological polar surface area (TPSA) is 55.4 Å². The summed E-state index contributed by atoms with van der Waals surface area (Å²) in [6.45, 7) is 2.17. The number of carbonyl (C=O) groups excluding carboxylic acids is 2. The van der Waals surface area contributed by atoms with Gasteiger partial charge in [-0.2, -0.15) is 0 Å². The Labute approximate surface area is 114 Å². The zero-order valence-electron chi connectivity index (χ0n) is 11.6. The second-order valence-corrected chi connectivity index (χ2v) is 4.73. The minimum absolute atomic E-state index is 0.0377. The highest BCUT2D eigenvalue weighted by atomic mass is 16.5. The van der Waals surface area contributed by atoms with Crippen molar-refractivity contribution < 1.29 is 14.3 Å². The lowest BCUT2D eigenvalue weighted by Crippen LogP contribution is -2.23. The van der Waals surface area contributed by atoms with Crippen LogP contribution in [-0.4, -0.2) is 18.4 Å². The van der Waals surface area contributed by atoms with Gasteiger partial charge < -0.3 is 10.1 Å². The first-order valence-electron chi connectivity index (χ1n) is 6.99. The van der Waals surface area contributed by atoms with Crippen LogP contribution in [0.2, 0.25) is 0 Å². The molecule has 0 bridgehead atoms. The van der Waals surface area contributed by atoms with E-state index in [0.717, 1.165) is 45.1 Å². The maximum atomic E-state index is 11.4. The van der Waals surface area contributed by atoms with Crippen molar-refractivity contribution in [2.45, 2.75) is 51.9 Å². The summed E-state index contributed by atoms with van der Waals surface area (Å²) >= 11 is 0. The smallest absolute Gasteiger partial charge is 0.307 e. The highest BCUT2D eigenvalue weighted by Crippen LogP contribution is 2.13. The van der Waals surface area contributed by atoms with Crippen LogP contribution in [0.4, 0.5) is 0 Å². The Morgan fingerprint density at radius 1 is 1.21 bits per heavy atom. The zero-order valence-corrected chi connectivity index (χ0v) is 11.6. The highest BCUT2D eigenvalue weighted by Gasteiger charge is 2.03. The zero-order chi connectivity index (χ0) is 13.9. The van der Waals surface area contributed by atoms with E-state index < -0.39 is 0 Å². The molecule has 0 aromatic carbocycles. The molecule has 1 heterocycles. The molecule has 1 amide bonds. The standard InChI is InChI=1S/C15H23NO3/c1-13(17)19-14-9-5-3-2-4-8-12-16-15(18)11-7-6-10-14/h6-7,10H,2-5,8-9,11-12H2,1H3,(H,16,18)/b7-6-,14-10-. The Morgan fingerprint density at radius 2 is 1.95 bits per heavy atom. The van der Waals surface area contributed by atoms with E-state index in [1.165, 1.54) is 6.92 Å². The third-order valence-electron chi connectivity index (χ3n) is 2.92. The predicted molar refractivity (Wildman–Crippen MR) is 74.3 cm³/mol. The van der Waals surface area contributed by atoms with Gasteiger partial charge in [-0.05, 0) is 18.9 Å². The first-order valence-corrected chi connectivity index (χ1v) is 6.99. The lowest BCUT2D eigenvalue weighted by atomic mass is 10.1. The number of hydrogen-bond donors (Lipinski definition) is 1. The van der Waals surface area contributed by atoms with Crippen LogP contribution in [0.1, 0.15) is 51.9 Å². The first-order chi connectivity index (χ1) is 9.18. The normalized spacial score (nSPS) is 23.4. The van der Waals surface area contributed by atoms with E-state index in [4.69, 9.17) is 4.74 Å². The molecule has 0 aromatic heterocycles. The van der Waals surface area contributed by atoms with E-state index in [-0.39, 0.29) is 11.9 Å². The maximum Gasteiger partial charge on any atom is 0.307 e. The van der Waals surface area contributed by atoms with Gasteiger partial charge in [0.05, 0.1) is 0 Å². The Bertz CT molecular complexity index is 358. The number of hydrogen-bond acceptors (Lipinski definition) is 3. The molecule has 0 aromatic rings. The number of esters is 1. The van der Waals surface area contributed by atoms with Gasteiger partial charge >= 0.3 is 5.97 Å². The van der Waals surface area contributed by atoms with Crippen molar-refractivity contribution in [3.8, 4) is 0 Å². The molecule has 1 rings (SSSR count). The second kappa shape index (κ2) is 9.36. The molecule has 1 N–H and O–H groups in total. The van der Waals surface area contributed by atoms with Gasteiger partial charge in [-0.1, -0.05) is 31.4 Å². The summed E-state index contributed by atoms with van der Waals surface area (Å²) in [5.41, 5.74) is 0. The average Bonchev–Trinajstić information content (AvgIpc) is 2.36. The third-order valence-corrected chi connectivity index (χ3v) is 2.92. The molecule has 0 saturated heterocycles. The van der Waals surface area contributed by atoms with Crippen LogP contribution in [-0.2, 0) is 14.3 Å². The Morgan fingerprint density at radius 3 is 2.74 bits per heavy atom. The second-order valence-electron chi connectivity index (χ2n) is 4.73. The molecule has 0 saturated carbocycles. The molecule has 0 aliphatic carbocycles. The van der Waals surface area contributed by atoms with E-state index in [2.05, 4.69) is 5.32 Å². The number of ether oxygens (including phenoxy) is 1. The molecule has 1 aliphatic rings. The largest absolute Gasteiger partial charge is 0.431 e. The van der Waals surface area contributed by atoms with Gasteiger partial charge in [-0.25, -0.2) is 0 Å². The van der Waals surface area contributed by atoms with Gasteiger partial charge in [0, 0.05) is 26.3 Å². The van der Waals surface area contributed by atoms with Crippen LogP contribution in [0, 0.1) is 0 Å². The number of allylic oxidation sites excluding steroid dienone is 3. The predicted octanol–water partition coefficient (Wildman–Crippen LogP) is 2.85. The molecule has 19 heavy (non-hydrogen) atoms. The van der Waals surface area contributed by atoms with Crippen molar-refractivity contribution in [3.63, 3.8) is 0 Å². The molecular formula is C15H23NO3. The van der Waals surface area contributed by atoms with Crippen molar-refractivity contribution in [3.05, 3.63) is 24.0 Å². The molecule has 4 nitrogen and oxygen atoms in total. The van der Waals surface area contributed by atoms with Crippen LogP contribution in [0.15, 0.2) is 24.0 Å². The summed E-state index contributed by atoms with van der Waals surface area (Å²) < 4.78 is 5.15. The summed E-state index contributed by atoms with van der Waals surface area (Å²) in [5.74, 6) is 0.426. The first kappa shape index (κ1) is 15.5. The van der Waals surface area contributed by atoms with Gasteiger partial charge in [-0.15, -0.1) is 0 Å². The fraction of sp³-hybridized carbons (Fsp3) is 0.600. The molecule has 106 valence electrons. The van der Waals surface area contributed by atoms with Crippen LogP contribution >= 0.6 is 0 Å². The number of nitrogens with one attached hydrogen (secondary N) is 1. The van der Waals surface area contributed by atoms with Crippen LogP contribution < -0.4 is 5.32 Å².